The van der Waals surface area contributed by atoms with E-state index in [1.807, 2.05) is 19.9 Å². The van der Waals surface area contributed by atoms with Crippen molar-refractivity contribution in [2.45, 2.75) is 70.2 Å². The molecule has 2 heterocycles. The van der Waals surface area contributed by atoms with Crippen LogP contribution in [0, 0.1) is 0 Å². The summed E-state index contributed by atoms with van der Waals surface area (Å²) in [5, 5.41) is 20.5. The third-order valence-corrected chi connectivity index (χ3v) is 4.87. The van der Waals surface area contributed by atoms with Crippen LogP contribution in [0.25, 0.3) is 0 Å². The van der Waals surface area contributed by atoms with Crippen LogP contribution < -0.4 is 0 Å². The van der Waals surface area contributed by atoms with E-state index >= 15 is 0 Å². The van der Waals surface area contributed by atoms with E-state index in [9.17, 15) is 15.0 Å². The Kier molecular flexibility index (Phi) is 7.45. The second-order valence-electron chi connectivity index (χ2n) is 8.43. The highest BCUT2D eigenvalue weighted by molar-refractivity contribution is 5.89. The van der Waals surface area contributed by atoms with E-state index in [1.54, 1.807) is 17.3 Å². The minimum absolute atomic E-state index is 0.151. The standard InChI is InChI=1S/C20H35N2O5/c1-6-9-16-17(23)18(24)19(27-16)21-11-8-10-14(12-21)20(25)26-15(7-2)13-22(3,4)5/h8,11-12,15-19,23-24H,6-7,9-10,13H2,1-5H3/q+1/t15-,16-,17-,18-,19-/m1/s1. The highest BCUT2D eigenvalue weighted by atomic mass is 16.6. The van der Waals surface area contributed by atoms with E-state index in [2.05, 4.69) is 21.1 Å². The zero-order chi connectivity index (χ0) is 20.2. The molecule has 0 aromatic rings. The highest BCUT2D eigenvalue weighted by Gasteiger charge is 2.44. The molecule has 1 saturated heterocycles. The summed E-state index contributed by atoms with van der Waals surface area (Å²) in [6.07, 6.45) is 4.82. The van der Waals surface area contributed by atoms with E-state index < -0.39 is 24.5 Å². The Bertz CT molecular complexity index is 569. The third kappa shape index (κ3) is 5.78. The van der Waals surface area contributed by atoms with Gasteiger partial charge in [-0.05, 0) is 12.8 Å². The van der Waals surface area contributed by atoms with Crippen molar-refractivity contribution in [1.29, 1.82) is 0 Å². The molecule has 2 N–H and O–H groups in total. The number of rotatable bonds is 8. The average Bonchev–Trinajstić information content (AvgIpc) is 2.89. The first-order chi connectivity index (χ1) is 12.7. The Morgan fingerprint density at radius 3 is 2.63 bits per heavy atom. The minimum atomic E-state index is -1.03. The molecule has 0 aromatic carbocycles. The second-order valence-corrected chi connectivity index (χ2v) is 8.43. The number of aliphatic hydroxyl groups is 2. The fourth-order valence-electron chi connectivity index (χ4n) is 3.46. The molecule has 7 heteroatoms. The predicted octanol–water partition coefficient (Wildman–Crippen LogP) is 1.36. The van der Waals surface area contributed by atoms with Crippen molar-refractivity contribution in [3.63, 3.8) is 0 Å². The Morgan fingerprint density at radius 2 is 2.04 bits per heavy atom. The largest absolute Gasteiger partial charge is 0.453 e. The van der Waals surface area contributed by atoms with Gasteiger partial charge in [-0.15, -0.1) is 0 Å². The summed E-state index contributed by atoms with van der Waals surface area (Å²) in [5.74, 6) is -0.345. The van der Waals surface area contributed by atoms with Crippen molar-refractivity contribution in [2.75, 3.05) is 27.7 Å². The molecule has 0 saturated carbocycles. The van der Waals surface area contributed by atoms with E-state index in [4.69, 9.17) is 9.47 Å². The van der Waals surface area contributed by atoms with Gasteiger partial charge < -0.3 is 29.1 Å². The summed E-state index contributed by atoms with van der Waals surface area (Å²) in [6.45, 7) is 4.75. The number of carbonyl (C=O) groups excluding carboxylic acids is 1. The third-order valence-electron chi connectivity index (χ3n) is 4.87. The van der Waals surface area contributed by atoms with Crippen LogP contribution in [-0.2, 0) is 14.3 Å². The van der Waals surface area contributed by atoms with Gasteiger partial charge in [0.1, 0.15) is 18.8 Å². The lowest BCUT2D eigenvalue weighted by Crippen LogP contribution is -2.43. The van der Waals surface area contributed by atoms with E-state index in [0.29, 0.717) is 18.4 Å². The Labute approximate surface area is 162 Å². The summed E-state index contributed by atoms with van der Waals surface area (Å²) < 4.78 is 12.3. The average molecular weight is 384 g/mol. The van der Waals surface area contributed by atoms with Gasteiger partial charge >= 0.3 is 5.97 Å². The van der Waals surface area contributed by atoms with Gasteiger partial charge in [0.2, 0.25) is 0 Å². The lowest BCUT2D eigenvalue weighted by molar-refractivity contribution is -0.873. The molecular formula is C20H35N2O5+. The fourth-order valence-corrected chi connectivity index (χ4v) is 3.46. The first kappa shape index (κ1) is 21.9. The van der Waals surface area contributed by atoms with Gasteiger partial charge in [-0.2, -0.15) is 0 Å². The van der Waals surface area contributed by atoms with Gasteiger partial charge in [0, 0.05) is 18.8 Å². The second kappa shape index (κ2) is 9.19. The van der Waals surface area contributed by atoms with Crippen LogP contribution in [0.4, 0.5) is 0 Å². The van der Waals surface area contributed by atoms with Crippen molar-refractivity contribution in [2.24, 2.45) is 0 Å². The van der Waals surface area contributed by atoms with Crippen molar-refractivity contribution in [3.8, 4) is 0 Å². The van der Waals surface area contributed by atoms with Gasteiger partial charge in [-0.1, -0.05) is 26.3 Å². The quantitative estimate of drug-likeness (QED) is 0.487. The molecule has 0 spiro atoms. The van der Waals surface area contributed by atoms with Gasteiger partial charge in [0.05, 0.1) is 32.8 Å². The predicted molar refractivity (Wildman–Crippen MR) is 102 cm³/mol. The molecule has 0 aromatic heterocycles. The maximum atomic E-state index is 12.6. The SMILES string of the molecule is CCC[C@H]1O[C@@H](N2C=CCC(C(=O)O[C@H](CC)C[N+](C)(C)C)=C2)[C@H](O)[C@@H]1O. The summed E-state index contributed by atoms with van der Waals surface area (Å²) in [7, 11) is 6.20. The molecule has 1 fully saturated rings. The summed E-state index contributed by atoms with van der Waals surface area (Å²) in [6, 6.07) is 0. The Morgan fingerprint density at radius 1 is 1.33 bits per heavy atom. The van der Waals surface area contributed by atoms with Gasteiger partial charge in [-0.25, -0.2) is 4.79 Å². The molecule has 7 nitrogen and oxygen atoms in total. The molecule has 27 heavy (non-hydrogen) atoms. The molecule has 0 aliphatic carbocycles. The Balaban J connectivity index is 2.04. The smallest absolute Gasteiger partial charge is 0.336 e. The van der Waals surface area contributed by atoms with Crippen LogP contribution in [0.15, 0.2) is 24.0 Å². The summed E-state index contributed by atoms with van der Waals surface area (Å²) in [4.78, 5) is 14.3. The van der Waals surface area contributed by atoms with Crippen LogP contribution in [-0.4, -0.2) is 83.9 Å². The number of esters is 1. The minimum Gasteiger partial charge on any atom is -0.453 e. The van der Waals surface area contributed by atoms with Crippen LogP contribution in [0.2, 0.25) is 0 Å². The van der Waals surface area contributed by atoms with E-state index in [-0.39, 0.29) is 12.1 Å². The summed E-state index contributed by atoms with van der Waals surface area (Å²) in [5.41, 5.74) is 0.515. The number of likely N-dealkylation sites (N-methyl/N-ethyl adjacent to an activating group) is 1. The van der Waals surface area contributed by atoms with Crippen LogP contribution in [0.3, 0.4) is 0 Å². The fraction of sp³-hybridized carbons (Fsp3) is 0.750. The number of hydrogen-bond acceptors (Lipinski definition) is 6. The van der Waals surface area contributed by atoms with Gasteiger partial charge in [-0.3, -0.25) is 0 Å². The molecule has 2 aliphatic heterocycles. The number of allylic oxidation sites excluding steroid dienone is 1. The van der Waals surface area contributed by atoms with Crippen LogP contribution in [0.5, 0.6) is 0 Å². The lowest BCUT2D eigenvalue weighted by Gasteiger charge is -2.30. The molecule has 0 unspecified atom stereocenters. The van der Waals surface area contributed by atoms with Gasteiger partial charge in [0.25, 0.3) is 0 Å². The van der Waals surface area contributed by atoms with Crippen LogP contribution >= 0.6 is 0 Å². The molecule has 5 atom stereocenters. The van der Waals surface area contributed by atoms with Crippen molar-refractivity contribution < 1.29 is 29.0 Å². The molecule has 2 aliphatic rings. The number of ether oxygens (including phenoxy) is 2. The highest BCUT2D eigenvalue weighted by Crippen LogP contribution is 2.29. The maximum Gasteiger partial charge on any atom is 0.336 e. The summed E-state index contributed by atoms with van der Waals surface area (Å²) >= 11 is 0. The Hall–Kier alpha value is -1.41. The van der Waals surface area contributed by atoms with Crippen molar-refractivity contribution in [1.82, 2.24) is 4.90 Å². The maximum absolute atomic E-state index is 12.6. The normalized spacial score (nSPS) is 29.6. The molecule has 154 valence electrons. The molecule has 2 rings (SSSR count). The van der Waals surface area contributed by atoms with Crippen LogP contribution in [0.1, 0.15) is 39.5 Å². The number of aliphatic hydroxyl groups excluding tert-OH is 2. The number of quaternary nitrogens is 1. The zero-order valence-electron chi connectivity index (χ0n) is 17.2. The zero-order valence-corrected chi connectivity index (χ0v) is 17.2. The number of nitrogens with zero attached hydrogens (tertiary/aromatic N) is 2. The molecule has 0 amide bonds. The molecular weight excluding hydrogens is 348 g/mol. The molecule has 0 bridgehead atoms. The van der Waals surface area contributed by atoms with Crippen molar-refractivity contribution in [3.05, 3.63) is 24.0 Å². The van der Waals surface area contributed by atoms with Crippen molar-refractivity contribution >= 4 is 5.97 Å². The topological polar surface area (TPSA) is 79.2 Å². The monoisotopic (exact) mass is 383 g/mol. The first-order valence-corrected chi connectivity index (χ1v) is 9.84. The lowest BCUT2D eigenvalue weighted by atomic mass is 10.1. The van der Waals surface area contributed by atoms with E-state index in [0.717, 1.165) is 23.9 Å². The number of carbonyl (C=O) groups is 1. The number of hydrogen-bond donors (Lipinski definition) is 2. The molecule has 0 radical (unpaired) electrons. The van der Waals surface area contributed by atoms with Gasteiger partial charge in [0.15, 0.2) is 12.3 Å². The first-order valence-electron chi connectivity index (χ1n) is 9.84. The van der Waals surface area contributed by atoms with E-state index in [1.165, 1.54) is 0 Å².